The SMILES string of the molecule is CN(C)CCNC(=O)c1ccc(-c2ccnc3[nH]c4cnc(-c5cnn(C)c5)cc4c23)cc1.Cc1cc2c(cn1)[nH]c1nccc(-c3ccc(C(=O)NCCN(C)C)cc3)c12.Cn1cc(B2OC(C)(C)C(C)(C)O2)cn1. The Morgan fingerprint density at radius 2 is 1.08 bits per heavy atom. The lowest BCUT2D eigenvalue weighted by Crippen LogP contribution is -2.41. The van der Waals surface area contributed by atoms with Gasteiger partial charge in [0.05, 0.1) is 46.5 Å². The molecule has 0 bridgehead atoms. The molecule has 76 heavy (non-hydrogen) atoms. The molecule has 11 rings (SSSR count). The summed E-state index contributed by atoms with van der Waals surface area (Å²) in [6.07, 6.45) is 14.7. The molecule has 0 atom stereocenters. The summed E-state index contributed by atoms with van der Waals surface area (Å²) in [4.78, 5) is 53.5. The standard InChI is InChI=1S/C25H25N7O.C22H23N5O.C10H17BN2O2/c1-31(2)11-10-27-25(33)17-6-4-16(5-7-17)19-8-9-26-24-23(19)20-12-21(28-14-22(20)30-24)18-13-29-32(3)15-18;1-14-12-18-19(13-25-14)26-21-20(18)17(8-9-23-21)15-4-6-16(7-5-15)22(28)24-10-11-27(2)3;1-9(2)10(3,4)15-11(14-9)8-6-12-13(5)7-8/h4-9,12-15H,10-11H2,1-3H3,(H,26,30)(H,27,33);4-9,12-13H,10-11H2,1-3H3,(H,23,26)(H,24,28);6-7H,1-5H3. The molecule has 0 saturated carbocycles. The Labute approximate surface area is 442 Å². The van der Waals surface area contributed by atoms with Gasteiger partial charge in [-0.1, -0.05) is 24.3 Å². The number of hydrogen-bond donors (Lipinski definition) is 4. The van der Waals surface area contributed by atoms with Gasteiger partial charge in [-0.25, -0.2) is 9.97 Å². The van der Waals surface area contributed by atoms with Crippen molar-refractivity contribution >= 4 is 68.3 Å². The van der Waals surface area contributed by atoms with E-state index in [-0.39, 0.29) is 30.1 Å². The second kappa shape index (κ2) is 22.0. The van der Waals surface area contributed by atoms with Crippen molar-refractivity contribution < 1.29 is 18.9 Å². The Bertz CT molecular complexity index is 3650. The molecule has 19 heteroatoms. The van der Waals surface area contributed by atoms with Crippen molar-refractivity contribution in [1.82, 2.24) is 69.9 Å². The number of nitrogens with one attached hydrogen (secondary N) is 4. The van der Waals surface area contributed by atoms with Crippen LogP contribution in [0.4, 0.5) is 0 Å². The molecule has 0 aliphatic carbocycles. The van der Waals surface area contributed by atoms with Crippen LogP contribution in [0.5, 0.6) is 0 Å². The Hall–Kier alpha value is -8.10. The summed E-state index contributed by atoms with van der Waals surface area (Å²) in [6.45, 7) is 13.0. The smallest absolute Gasteiger partial charge is 0.399 e. The molecule has 0 spiro atoms. The van der Waals surface area contributed by atoms with Crippen LogP contribution in [-0.4, -0.2) is 144 Å². The number of benzene rings is 2. The maximum absolute atomic E-state index is 12.4. The van der Waals surface area contributed by atoms with Crippen LogP contribution in [0.3, 0.4) is 0 Å². The number of fused-ring (bicyclic) bond motifs is 6. The fourth-order valence-electron chi connectivity index (χ4n) is 8.87. The predicted molar refractivity (Wildman–Crippen MR) is 301 cm³/mol. The summed E-state index contributed by atoms with van der Waals surface area (Å²) in [7, 11) is 11.4. The van der Waals surface area contributed by atoms with E-state index in [0.29, 0.717) is 24.2 Å². The second-order valence-electron chi connectivity index (χ2n) is 20.6. The fraction of sp³-hybridized carbons (Fsp3) is 0.298. The molecule has 1 aliphatic rings. The highest BCUT2D eigenvalue weighted by molar-refractivity contribution is 6.62. The summed E-state index contributed by atoms with van der Waals surface area (Å²) < 4.78 is 15.3. The number of likely N-dealkylation sites (N-methyl/N-ethyl adjacent to an activating group) is 2. The van der Waals surface area contributed by atoms with Crippen LogP contribution in [0, 0.1) is 6.92 Å². The number of rotatable bonds is 12. The first-order chi connectivity index (χ1) is 36.3. The van der Waals surface area contributed by atoms with E-state index in [2.05, 4.69) is 62.9 Å². The number of carbonyl (C=O) groups is 2. The molecule has 4 N–H and O–H groups in total. The highest BCUT2D eigenvalue weighted by Gasteiger charge is 2.52. The van der Waals surface area contributed by atoms with Gasteiger partial charge in [0, 0.05) is 121 Å². The number of aromatic amines is 2. The van der Waals surface area contributed by atoms with Crippen LogP contribution in [0.1, 0.15) is 54.1 Å². The van der Waals surface area contributed by atoms with Crippen LogP contribution in [0.2, 0.25) is 0 Å². The summed E-state index contributed by atoms with van der Waals surface area (Å²) >= 11 is 0. The molecule has 1 aliphatic heterocycles. The van der Waals surface area contributed by atoms with Gasteiger partial charge in [-0.05, 0) is 134 Å². The first-order valence-electron chi connectivity index (χ1n) is 25.2. The number of H-pyrrole nitrogens is 2. The minimum Gasteiger partial charge on any atom is -0.399 e. The highest BCUT2D eigenvalue weighted by atomic mass is 16.7. The van der Waals surface area contributed by atoms with Crippen molar-refractivity contribution in [2.24, 2.45) is 14.1 Å². The normalized spacial score (nSPS) is 13.8. The van der Waals surface area contributed by atoms with Crippen LogP contribution in [0.25, 0.3) is 77.4 Å². The van der Waals surface area contributed by atoms with Crippen molar-refractivity contribution in [3.63, 3.8) is 0 Å². The third kappa shape index (κ3) is 11.6. The number of pyridine rings is 4. The fourth-order valence-corrected chi connectivity index (χ4v) is 8.87. The highest BCUT2D eigenvalue weighted by Crippen LogP contribution is 2.38. The van der Waals surface area contributed by atoms with Crippen LogP contribution >= 0.6 is 0 Å². The maximum atomic E-state index is 12.4. The lowest BCUT2D eigenvalue weighted by molar-refractivity contribution is 0.00578. The van der Waals surface area contributed by atoms with E-state index in [9.17, 15) is 9.59 Å². The molecule has 2 amide bonds. The van der Waals surface area contributed by atoms with Gasteiger partial charge in [0.15, 0.2) is 0 Å². The zero-order chi connectivity index (χ0) is 53.9. The summed E-state index contributed by atoms with van der Waals surface area (Å²) in [5, 5.41) is 18.5. The van der Waals surface area contributed by atoms with E-state index in [4.69, 9.17) is 9.31 Å². The number of hydrogen-bond acceptors (Lipinski definition) is 12. The van der Waals surface area contributed by atoms with Gasteiger partial charge in [0.25, 0.3) is 11.8 Å². The Morgan fingerprint density at radius 3 is 1.54 bits per heavy atom. The van der Waals surface area contributed by atoms with Gasteiger partial charge in [-0.2, -0.15) is 10.2 Å². The first-order valence-corrected chi connectivity index (χ1v) is 25.2. The maximum Gasteiger partial charge on any atom is 0.498 e. The van der Waals surface area contributed by atoms with E-state index in [1.54, 1.807) is 28.0 Å². The van der Waals surface area contributed by atoms with Crippen molar-refractivity contribution in [2.75, 3.05) is 54.4 Å². The molecular formula is C57H65BN14O4. The zero-order valence-corrected chi connectivity index (χ0v) is 45.1. The molecule has 0 unspecified atom stereocenters. The van der Waals surface area contributed by atoms with E-state index in [1.807, 2.05) is 178 Å². The van der Waals surface area contributed by atoms with E-state index in [1.165, 1.54) is 0 Å². The number of aryl methyl sites for hydroxylation is 3. The molecule has 8 aromatic heterocycles. The average Bonchev–Trinajstić information content (AvgIpc) is 4.32. The number of nitrogens with zero attached hydrogens (tertiary/aromatic N) is 10. The van der Waals surface area contributed by atoms with Gasteiger partial charge in [-0.3, -0.25) is 28.9 Å². The monoisotopic (exact) mass is 1020 g/mol. The molecule has 1 fully saturated rings. The average molecular weight is 1020 g/mol. The van der Waals surface area contributed by atoms with Crippen molar-refractivity contribution in [1.29, 1.82) is 0 Å². The second-order valence-corrected chi connectivity index (χ2v) is 20.6. The molecule has 1 saturated heterocycles. The lowest BCUT2D eigenvalue weighted by atomic mass is 9.82. The van der Waals surface area contributed by atoms with E-state index >= 15 is 0 Å². The molecular weight excluding hydrogens is 956 g/mol. The summed E-state index contributed by atoms with van der Waals surface area (Å²) in [6, 6.07) is 23.6. The lowest BCUT2D eigenvalue weighted by Gasteiger charge is -2.32. The van der Waals surface area contributed by atoms with Crippen molar-refractivity contribution in [3.05, 3.63) is 139 Å². The van der Waals surface area contributed by atoms with Crippen LogP contribution in [-0.2, 0) is 23.4 Å². The van der Waals surface area contributed by atoms with Gasteiger partial charge < -0.3 is 39.7 Å². The topological polar surface area (TPSA) is 202 Å². The van der Waals surface area contributed by atoms with E-state index in [0.717, 1.165) is 102 Å². The molecule has 9 heterocycles. The third-order valence-electron chi connectivity index (χ3n) is 13.7. The van der Waals surface area contributed by atoms with Gasteiger partial charge >= 0.3 is 7.12 Å². The Kier molecular flexibility index (Phi) is 15.3. The molecule has 0 radical (unpaired) electrons. The zero-order valence-electron chi connectivity index (χ0n) is 45.1. The quantitative estimate of drug-likeness (QED) is 0.0877. The van der Waals surface area contributed by atoms with Crippen molar-refractivity contribution in [2.45, 2.75) is 45.8 Å². The number of aromatic nitrogens is 10. The van der Waals surface area contributed by atoms with Gasteiger partial charge in [0.1, 0.15) is 11.3 Å². The Balaban J connectivity index is 0.000000149. The molecule has 390 valence electrons. The first kappa shape index (κ1) is 52.8. The van der Waals surface area contributed by atoms with Gasteiger partial charge in [0.2, 0.25) is 0 Å². The van der Waals surface area contributed by atoms with Gasteiger partial charge in [-0.15, -0.1) is 0 Å². The number of carbonyl (C=O) groups excluding carboxylic acids is 2. The van der Waals surface area contributed by atoms with Crippen LogP contribution < -0.4 is 16.1 Å². The predicted octanol–water partition coefficient (Wildman–Crippen LogP) is 7.57. The minimum absolute atomic E-state index is 0.0536. The molecule has 10 aromatic rings. The number of amides is 2. The Morgan fingerprint density at radius 1 is 0.605 bits per heavy atom. The molecule has 2 aromatic carbocycles. The van der Waals surface area contributed by atoms with Crippen molar-refractivity contribution in [3.8, 4) is 33.5 Å². The summed E-state index contributed by atoms with van der Waals surface area (Å²) in [5.41, 5.74) is 12.2. The van der Waals surface area contributed by atoms with E-state index < -0.39 is 0 Å². The summed E-state index contributed by atoms with van der Waals surface area (Å²) in [5.74, 6) is -0.121. The largest absolute Gasteiger partial charge is 0.498 e. The molecule has 18 nitrogen and oxygen atoms in total. The third-order valence-corrected chi connectivity index (χ3v) is 13.7. The minimum atomic E-state index is -0.302. The van der Waals surface area contributed by atoms with Crippen LogP contribution in [0.15, 0.2) is 122 Å².